The van der Waals surface area contributed by atoms with Crippen LogP contribution in [0.15, 0.2) is 0 Å². The van der Waals surface area contributed by atoms with Gasteiger partial charge in [-0.05, 0) is 32.6 Å². The van der Waals surface area contributed by atoms with E-state index in [0.29, 0.717) is 0 Å². The highest BCUT2D eigenvalue weighted by Gasteiger charge is 2.37. The Morgan fingerprint density at radius 3 is 2.40 bits per heavy atom. The number of nitrogens with one attached hydrogen (secondary N) is 1. The van der Waals surface area contributed by atoms with Crippen molar-refractivity contribution in [3.63, 3.8) is 0 Å². The van der Waals surface area contributed by atoms with E-state index < -0.39 is 18.3 Å². The van der Waals surface area contributed by atoms with E-state index in [1.54, 1.807) is 5.32 Å². The second-order valence-corrected chi connectivity index (χ2v) is 3.72. The highest BCUT2D eigenvalue weighted by atomic mass is 19.4. The Hall–Kier alpha value is -0.940. The van der Waals surface area contributed by atoms with E-state index in [4.69, 9.17) is 4.74 Å². The lowest BCUT2D eigenvalue weighted by atomic mass is 10.3. The number of carbonyl (C=O) groups is 1. The van der Waals surface area contributed by atoms with Crippen LogP contribution in [-0.2, 0) is 4.74 Å². The molecule has 0 heterocycles. The largest absolute Gasteiger partial charge is 0.446 e. The van der Waals surface area contributed by atoms with Gasteiger partial charge < -0.3 is 10.1 Å². The lowest BCUT2D eigenvalue weighted by Gasteiger charge is -2.18. The van der Waals surface area contributed by atoms with Crippen molar-refractivity contribution in [2.24, 2.45) is 0 Å². The molecular weight excluding hydrogens is 211 g/mol. The van der Waals surface area contributed by atoms with E-state index in [1.807, 2.05) is 0 Å². The molecule has 0 bridgehead atoms. The third kappa shape index (κ3) is 3.97. The first-order valence-electron chi connectivity index (χ1n) is 4.93. The second-order valence-electron chi connectivity index (χ2n) is 3.72. The maximum absolute atomic E-state index is 12.1. The van der Waals surface area contributed by atoms with Crippen LogP contribution in [0.2, 0.25) is 0 Å². The number of amides is 1. The number of carbonyl (C=O) groups excluding carboxylic acids is 1. The molecule has 0 saturated heterocycles. The van der Waals surface area contributed by atoms with Crippen molar-refractivity contribution in [3.05, 3.63) is 0 Å². The maximum Gasteiger partial charge on any atom is 0.408 e. The summed E-state index contributed by atoms with van der Waals surface area (Å²) < 4.78 is 41.0. The summed E-state index contributed by atoms with van der Waals surface area (Å²) in [5.41, 5.74) is 0. The summed E-state index contributed by atoms with van der Waals surface area (Å²) >= 11 is 0. The normalized spacial score (nSPS) is 20.0. The quantitative estimate of drug-likeness (QED) is 0.784. The summed E-state index contributed by atoms with van der Waals surface area (Å²) in [7, 11) is 0. The lowest BCUT2D eigenvalue weighted by Crippen LogP contribution is -2.44. The summed E-state index contributed by atoms with van der Waals surface area (Å²) in [6.45, 7) is 0.885. The molecule has 6 heteroatoms. The fraction of sp³-hybridized carbons (Fsp3) is 0.889. The van der Waals surface area contributed by atoms with Gasteiger partial charge >= 0.3 is 12.3 Å². The minimum absolute atomic E-state index is 0.217. The molecular formula is C9H14F3NO2. The Bertz CT molecular complexity index is 224. The van der Waals surface area contributed by atoms with Crippen molar-refractivity contribution >= 4 is 6.09 Å². The molecule has 1 rings (SSSR count). The van der Waals surface area contributed by atoms with Gasteiger partial charge in [-0.1, -0.05) is 0 Å². The zero-order valence-corrected chi connectivity index (χ0v) is 8.43. The van der Waals surface area contributed by atoms with Crippen LogP contribution in [0.4, 0.5) is 18.0 Å². The molecule has 0 aliphatic heterocycles. The van der Waals surface area contributed by atoms with Gasteiger partial charge in [0.2, 0.25) is 0 Å². The summed E-state index contributed by atoms with van der Waals surface area (Å²) in [4.78, 5) is 11.0. The zero-order valence-electron chi connectivity index (χ0n) is 8.43. The Morgan fingerprint density at radius 1 is 1.40 bits per heavy atom. The zero-order chi connectivity index (χ0) is 11.5. The van der Waals surface area contributed by atoms with Gasteiger partial charge in [-0.15, -0.1) is 0 Å². The van der Waals surface area contributed by atoms with Gasteiger partial charge in [-0.25, -0.2) is 4.79 Å². The van der Waals surface area contributed by atoms with Crippen molar-refractivity contribution in [2.75, 3.05) is 0 Å². The molecule has 0 radical (unpaired) electrons. The fourth-order valence-corrected chi connectivity index (χ4v) is 1.45. The Balaban J connectivity index is 2.29. The highest BCUT2D eigenvalue weighted by Crippen LogP contribution is 2.22. The summed E-state index contributed by atoms with van der Waals surface area (Å²) in [5.74, 6) is 0. The number of alkyl carbamates (subject to hydrolysis) is 1. The van der Waals surface area contributed by atoms with Crippen LogP contribution < -0.4 is 5.32 Å². The molecule has 1 saturated carbocycles. The second kappa shape index (κ2) is 4.72. The van der Waals surface area contributed by atoms with E-state index in [-0.39, 0.29) is 6.10 Å². The Morgan fingerprint density at radius 2 is 1.93 bits per heavy atom. The van der Waals surface area contributed by atoms with Gasteiger partial charge in [-0.2, -0.15) is 13.2 Å². The van der Waals surface area contributed by atoms with Crippen molar-refractivity contribution < 1.29 is 22.7 Å². The first kappa shape index (κ1) is 12.1. The van der Waals surface area contributed by atoms with Gasteiger partial charge in [0.05, 0.1) is 0 Å². The molecule has 1 N–H and O–H groups in total. The van der Waals surface area contributed by atoms with E-state index >= 15 is 0 Å². The molecule has 0 aromatic rings. The van der Waals surface area contributed by atoms with Crippen molar-refractivity contribution in [3.8, 4) is 0 Å². The molecule has 1 fully saturated rings. The maximum atomic E-state index is 12.1. The predicted octanol–water partition coefficient (Wildman–Crippen LogP) is 2.61. The molecule has 1 amide bonds. The summed E-state index contributed by atoms with van der Waals surface area (Å²) in [6.07, 6.45) is -2.20. The molecule has 0 spiro atoms. The number of hydrogen-bond acceptors (Lipinski definition) is 2. The summed E-state index contributed by atoms with van der Waals surface area (Å²) in [6, 6.07) is -1.87. The minimum atomic E-state index is -4.42. The molecule has 3 nitrogen and oxygen atoms in total. The van der Waals surface area contributed by atoms with Crippen LogP contribution in [0, 0.1) is 0 Å². The molecule has 1 atom stereocenters. The smallest absolute Gasteiger partial charge is 0.408 e. The number of halogens is 3. The molecule has 0 unspecified atom stereocenters. The van der Waals surface area contributed by atoms with Gasteiger partial charge in [0.15, 0.2) is 0 Å². The van der Waals surface area contributed by atoms with Gasteiger partial charge in [0.1, 0.15) is 12.1 Å². The Labute approximate surface area is 86.0 Å². The first-order chi connectivity index (χ1) is 6.89. The molecule has 15 heavy (non-hydrogen) atoms. The number of alkyl halides is 3. The van der Waals surface area contributed by atoms with Gasteiger partial charge in [0.25, 0.3) is 0 Å². The van der Waals surface area contributed by atoms with Crippen LogP contribution in [0.1, 0.15) is 32.6 Å². The van der Waals surface area contributed by atoms with Crippen LogP contribution in [0.5, 0.6) is 0 Å². The minimum Gasteiger partial charge on any atom is -0.446 e. The predicted molar refractivity (Wildman–Crippen MR) is 47.4 cm³/mol. The third-order valence-electron chi connectivity index (χ3n) is 2.40. The topological polar surface area (TPSA) is 38.3 Å². The monoisotopic (exact) mass is 225 g/mol. The number of rotatable bonds is 2. The fourth-order valence-electron chi connectivity index (χ4n) is 1.45. The van der Waals surface area contributed by atoms with Crippen LogP contribution in [0.25, 0.3) is 0 Å². The third-order valence-corrected chi connectivity index (χ3v) is 2.40. The Kier molecular flexibility index (Phi) is 3.82. The molecule has 1 aliphatic carbocycles. The molecule has 88 valence electrons. The van der Waals surface area contributed by atoms with E-state index in [9.17, 15) is 18.0 Å². The first-order valence-corrected chi connectivity index (χ1v) is 4.93. The molecule has 1 aliphatic rings. The van der Waals surface area contributed by atoms with Crippen LogP contribution in [0.3, 0.4) is 0 Å². The van der Waals surface area contributed by atoms with Crippen molar-refractivity contribution in [2.45, 2.75) is 50.9 Å². The average molecular weight is 225 g/mol. The van der Waals surface area contributed by atoms with Crippen LogP contribution in [-0.4, -0.2) is 24.4 Å². The van der Waals surface area contributed by atoms with Gasteiger partial charge in [-0.3, -0.25) is 0 Å². The highest BCUT2D eigenvalue weighted by molar-refractivity contribution is 5.67. The number of ether oxygens (including phenoxy) is 1. The van der Waals surface area contributed by atoms with Crippen molar-refractivity contribution in [1.29, 1.82) is 0 Å². The van der Waals surface area contributed by atoms with E-state index in [2.05, 4.69) is 0 Å². The van der Waals surface area contributed by atoms with Crippen molar-refractivity contribution in [1.82, 2.24) is 5.32 Å². The number of hydrogen-bond donors (Lipinski definition) is 1. The van der Waals surface area contributed by atoms with E-state index in [1.165, 1.54) is 0 Å². The molecule has 0 aromatic carbocycles. The lowest BCUT2D eigenvalue weighted by molar-refractivity contribution is -0.150. The standard InChI is InChI=1S/C9H14F3NO2/c1-6(9(10,11)12)13-8(14)15-7-4-2-3-5-7/h6-7H,2-5H2,1H3,(H,13,14)/t6-/m0/s1. The average Bonchev–Trinajstić information content (AvgIpc) is 2.54. The van der Waals surface area contributed by atoms with E-state index in [0.717, 1.165) is 32.6 Å². The molecule has 0 aromatic heterocycles. The SMILES string of the molecule is C[C@H](NC(=O)OC1CCCC1)C(F)(F)F. The van der Waals surface area contributed by atoms with Crippen LogP contribution >= 0.6 is 0 Å². The summed E-state index contributed by atoms with van der Waals surface area (Å²) in [5, 5.41) is 1.76. The van der Waals surface area contributed by atoms with Gasteiger partial charge in [0, 0.05) is 0 Å².